The average Bonchev–Trinajstić information content (AvgIpc) is 3.38. The average molecular weight is 434 g/mol. The third kappa shape index (κ3) is 3.75. The predicted molar refractivity (Wildman–Crippen MR) is 121 cm³/mol. The van der Waals surface area contributed by atoms with E-state index in [2.05, 4.69) is 0 Å². The van der Waals surface area contributed by atoms with Crippen molar-refractivity contribution in [3.05, 3.63) is 92.7 Å². The highest BCUT2D eigenvalue weighted by Gasteiger charge is 2.46. The summed E-state index contributed by atoms with van der Waals surface area (Å²) in [5.41, 5.74) is 3.28. The molecule has 1 atom stereocenters. The monoisotopic (exact) mass is 433 g/mol. The van der Waals surface area contributed by atoms with Gasteiger partial charge in [-0.15, -0.1) is 11.3 Å². The number of Topliss-reactive ketones (excluding diaryl/α,β-unsaturated/α-hetero) is 1. The molecule has 1 N–H and O–H groups in total. The number of aryl methyl sites for hydroxylation is 2. The molecule has 5 nitrogen and oxygen atoms in total. The molecule has 3 aromatic rings. The first-order chi connectivity index (χ1) is 14.9. The molecule has 158 valence electrons. The number of para-hydroxylation sites is 1. The van der Waals surface area contributed by atoms with Crippen molar-refractivity contribution in [2.24, 2.45) is 0 Å². The van der Waals surface area contributed by atoms with Crippen LogP contribution in [0.3, 0.4) is 0 Å². The summed E-state index contributed by atoms with van der Waals surface area (Å²) in [5, 5.41) is 13.1. The zero-order chi connectivity index (χ0) is 22.1. The molecule has 31 heavy (non-hydrogen) atoms. The SMILES string of the molecule is COc1ccccc1CN1C(=O)C(=O)/C(=C(\O)c2cc(C)ccc2C)C1c1cccs1. The van der Waals surface area contributed by atoms with E-state index in [1.54, 1.807) is 7.11 Å². The molecule has 1 fully saturated rings. The topological polar surface area (TPSA) is 66.8 Å². The summed E-state index contributed by atoms with van der Waals surface area (Å²) in [7, 11) is 1.57. The maximum atomic E-state index is 13.1. The number of nitrogens with zero attached hydrogens (tertiary/aromatic N) is 1. The Bertz CT molecular complexity index is 1180. The Kier molecular flexibility index (Phi) is 5.65. The van der Waals surface area contributed by atoms with E-state index in [9.17, 15) is 14.7 Å². The molecular formula is C25H23NO4S. The fraction of sp³-hybridized carbons (Fsp3) is 0.200. The van der Waals surface area contributed by atoms with Crippen LogP contribution in [-0.2, 0) is 16.1 Å². The van der Waals surface area contributed by atoms with E-state index >= 15 is 0 Å². The molecule has 0 spiro atoms. The Balaban J connectivity index is 1.87. The standard InChI is InChI=1S/C25H23NO4S/c1-15-10-11-16(2)18(13-15)23(27)21-22(20-9-6-12-31-20)26(25(29)24(21)28)14-17-7-4-5-8-19(17)30-3/h4-13,22,27H,14H2,1-3H3/b23-21-. The molecule has 6 heteroatoms. The van der Waals surface area contributed by atoms with Crippen LogP contribution in [0.15, 0.2) is 65.6 Å². The molecule has 1 amide bonds. The van der Waals surface area contributed by atoms with Gasteiger partial charge in [0.2, 0.25) is 0 Å². The van der Waals surface area contributed by atoms with Gasteiger partial charge in [-0.1, -0.05) is 42.0 Å². The normalized spacial score (nSPS) is 17.9. The molecule has 2 aromatic carbocycles. The van der Waals surface area contributed by atoms with Crippen molar-refractivity contribution in [1.82, 2.24) is 4.90 Å². The molecule has 0 saturated carbocycles. The van der Waals surface area contributed by atoms with E-state index in [0.717, 1.165) is 21.6 Å². The number of methoxy groups -OCH3 is 1. The zero-order valence-electron chi connectivity index (χ0n) is 17.6. The van der Waals surface area contributed by atoms with Gasteiger partial charge < -0.3 is 14.7 Å². The minimum atomic E-state index is -0.674. The van der Waals surface area contributed by atoms with Gasteiger partial charge in [0.1, 0.15) is 11.5 Å². The molecule has 1 aliphatic rings. The number of benzene rings is 2. The first-order valence-electron chi connectivity index (χ1n) is 9.93. The van der Waals surface area contributed by atoms with Crippen molar-refractivity contribution in [2.45, 2.75) is 26.4 Å². The van der Waals surface area contributed by atoms with Crippen molar-refractivity contribution >= 4 is 28.8 Å². The number of carbonyl (C=O) groups is 2. The van der Waals surface area contributed by atoms with Gasteiger partial charge in [0.25, 0.3) is 11.7 Å². The van der Waals surface area contributed by atoms with Gasteiger partial charge in [-0.25, -0.2) is 0 Å². The van der Waals surface area contributed by atoms with Crippen LogP contribution in [-0.4, -0.2) is 28.8 Å². The van der Waals surface area contributed by atoms with E-state index in [0.29, 0.717) is 11.3 Å². The Morgan fingerprint density at radius 3 is 2.58 bits per heavy atom. The molecule has 1 aromatic heterocycles. The number of hydrogen-bond acceptors (Lipinski definition) is 5. The van der Waals surface area contributed by atoms with Crippen LogP contribution >= 0.6 is 11.3 Å². The summed E-state index contributed by atoms with van der Waals surface area (Å²) in [5.74, 6) is -0.799. The van der Waals surface area contributed by atoms with Crippen LogP contribution < -0.4 is 4.74 Å². The van der Waals surface area contributed by atoms with Gasteiger partial charge in [-0.3, -0.25) is 9.59 Å². The van der Waals surface area contributed by atoms with Crippen LogP contribution in [0, 0.1) is 13.8 Å². The molecule has 2 heterocycles. The Morgan fingerprint density at radius 1 is 1.10 bits per heavy atom. The molecule has 1 aliphatic heterocycles. The van der Waals surface area contributed by atoms with E-state index in [1.165, 1.54) is 16.2 Å². The molecular weight excluding hydrogens is 410 g/mol. The second-order valence-corrected chi connectivity index (χ2v) is 8.55. The number of aliphatic hydroxyl groups is 1. The summed E-state index contributed by atoms with van der Waals surface area (Å²) >= 11 is 1.45. The van der Waals surface area contributed by atoms with Crippen molar-refractivity contribution < 1.29 is 19.4 Å². The van der Waals surface area contributed by atoms with Crippen molar-refractivity contribution in [3.8, 4) is 5.75 Å². The lowest BCUT2D eigenvalue weighted by Gasteiger charge is -2.25. The number of hydrogen-bond donors (Lipinski definition) is 1. The van der Waals surface area contributed by atoms with E-state index in [-0.39, 0.29) is 17.9 Å². The summed E-state index contributed by atoms with van der Waals surface area (Å²) in [6.07, 6.45) is 0. The van der Waals surface area contributed by atoms with Gasteiger partial charge in [0.15, 0.2) is 0 Å². The second-order valence-electron chi connectivity index (χ2n) is 7.57. The third-order valence-corrected chi connectivity index (χ3v) is 6.46. The Hall–Kier alpha value is -3.38. The lowest BCUT2D eigenvalue weighted by Crippen LogP contribution is -2.29. The molecule has 1 unspecified atom stereocenters. The lowest BCUT2D eigenvalue weighted by atomic mass is 9.96. The largest absolute Gasteiger partial charge is 0.507 e. The fourth-order valence-corrected chi connectivity index (χ4v) is 4.78. The predicted octanol–water partition coefficient (Wildman–Crippen LogP) is 5.00. The van der Waals surface area contributed by atoms with Crippen LogP contribution in [0.2, 0.25) is 0 Å². The highest BCUT2D eigenvalue weighted by molar-refractivity contribution is 7.10. The number of amides is 1. The van der Waals surface area contributed by atoms with Gasteiger partial charge >= 0.3 is 0 Å². The number of carbonyl (C=O) groups excluding carboxylic acids is 2. The highest BCUT2D eigenvalue weighted by Crippen LogP contribution is 2.42. The maximum absolute atomic E-state index is 13.1. The van der Waals surface area contributed by atoms with Crippen LogP contribution in [0.4, 0.5) is 0 Å². The summed E-state index contributed by atoms with van der Waals surface area (Å²) < 4.78 is 5.43. The maximum Gasteiger partial charge on any atom is 0.295 e. The number of rotatable bonds is 5. The van der Waals surface area contributed by atoms with Gasteiger partial charge in [-0.05, 0) is 43.0 Å². The lowest BCUT2D eigenvalue weighted by molar-refractivity contribution is -0.140. The van der Waals surface area contributed by atoms with Crippen molar-refractivity contribution in [3.63, 3.8) is 0 Å². The fourth-order valence-electron chi connectivity index (χ4n) is 3.94. The summed E-state index contributed by atoms with van der Waals surface area (Å²) in [4.78, 5) is 28.6. The number of ether oxygens (including phenoxy) is 1. The van der Waals surface area contributed by atoms with E-state index < -0.39 is 17.7 Å². The number of thiophene rings is 1. The molecule has 4 rings (SSSR count). The van der Waals surface area contributed by atoms with Crippen LogP contribution in [0.5, 0.6) is 5.75 Å². The Morgan fingerprint density at radius 2 is 1.87 bits per heavy atom. The Labute approximate surface area is 185 Å². The summed E-state index contributed by atoms with van der Waals surface area (Å²) in [6.45, 7) is 3.99. The van der Waals surface area contributed by atoms with Crippen LogP contribution in [0.25, 0.3) is 5.76 Å². The van der Waals surface area contributed by atoms with Crippen LogP contribution in [0.1, 0.15) is 33.2 Å². The number of aliphatic hydroxyl groups excluding tert-OH is 1. The quantitative estimate of drug-likeness (QED) is 0.350. The van der Waals surface area contributed by atoms with E-state index in [1.807, 2.05) is 73.8 Å². The molecule has 0 aliphatic carbocycles. The minimum Gasteiger partial charge on any atom is -0.507 e. The van der Waals surface area contributed by atoms with E-state index in [4.69, 9.17) is 4.74 Å². The van der Waals surface area contributed by atoms with Crippen molar-refractivity contribution in [2.75, 3.05) is 7.11 Å². The molecule has 0 radical (unpaired) electrons. The molecule has 0 bridgehead atoms. The smallest absolute Gasteiger partial charge is 0.295 e. The zero-order valence-corrected chi connectivity index (χ0v) is 18.4. The second kappa shape index (κ2) is 8.40. The van der Waals surface area contributed by atoms with Gasteiger partial charge in [0.05, 0.1) is 25.3 Å². The van der Waals surface area contributed by atoms with Gasteiger partial charge in [0, 0.05) is 16.0 Å². The van der Waals surface area contributed by atoms with Gasteiger partial charge in [-0.2, -0.15) is 0 Å². The van der Waals surface area contributed by atoms with Crippen molar-refractivity contribution in [1.29, 1.82) is 0 Å². The first-order valence-corrected chi connectivity index (χ1v) is 10.8. The molecule has 1 saturated heterocycles. The summed E-state index contributed by atoms with van der Waals surface area (Å²) in [6, 6.07) is 16.2. The third-order valence-electron chi connectivity index (χ3n) is 5.53. The highest BCUT2D eigenvalue weighted by atomic mass is 32.1. The minimum absolute atomic E-state index is 0.121. The number of ketones is 1. The number of likely N-dealkylation sites (tertiary alicyclic amines) is 1. The first kappa shape index (κ1) is 20.9.